The van der Waals surface area contributed by atoms with Crippen LogP contribution in [0, 0.1) is 5.41 Å². The molecule has 1 aromatic heterocycles. The van der Waals surface area contributed by atoms with Crippen molar-refractivity contribution in [2.45, 2.75) is 13.8 Å². The highest BCUT2D eigenvalue weighted by atomic mass is 79.9. The molecule has 0 aliphatic carbocycles. The van der Waals surface area contributed by atoms with Crippen LogP contribution in [-0.4, -0.2) is 30.9 Å². The molecular weight excluding hydrogens is 307 g/mol. The molecule has 0 unspecified atom stereocenters. The van der Waals surface area contributed by atoms with E-state index in [2.05, 4.69) is 15.9 Å². The zero-order valence-corrected chi connectivity index (χ0v) is 12.6. The summed E-state index contributed by atoms with van der Waals surface area (Å²) in [6.07, 6.45) is 0. The van der Waals surface area contributed by atoms with Crippen LogP contribution in [0.4, 0.5) is 0 Å². The van der Waals surface area contributed by atoms with Crippen LogP contribution in [0.25, 0.3) is 0 Å². The Labute approximate surface area is 116 Å². The van der Waals surface area contributed by atoms with Crippen molar-refractivity contribution in [3.8, 4) is 0 Å². The van der Waals surface area contributed by atoms with Crippen molar-refractivity contribution in [2.75, 3.05) is 20.1 Å². The van der Waals surface area contributed by atoms with Crippen molar-refractivity contribution in [2.24, 2.45) is 11.1 Å². The average molecular weight is 326 g/mol. The maximum absolute atomic E-state index is 11.9. The van der Waals surface area contributed by atoms with Gasteiger partial charge in [0.2, 0.25) is 0 Å². The molecule has 1 amide bonds. The SMILES string of the molecule is CN(CC(C)(C)CN)C(=O)c1ccc(Br)o1.Cl. The van der Waals surface area contributed by atoms with Gasteiger partial charge < -0.3 is 15.1 Å². The third kappa shape index (κ3) is 4.69. The summed E-state index contributed by atoms with van der Waals surface area (Å²) < 4.78 is 5.77. The largest absolute Gasteiger partial charge is 0.444 e. The number of nitrogens with zero attached hydrogens (tertiary/aromatic N) is 1. The smallest absolute Gasteiger partial charge is 0.289 e. The number of halogens is 2. The summed E-state index contributed by atoms with van der Waals surface area (Å²) >= 11 is 3.17. The van der Waals surface area contributed by atoms with Crippen LogP contribution in [0.2, 0.25) is 0 Å². The normalized spacial score (nSPS) is 10.9. The Balaban J connectivity index is 0.00000256. The number of hydrogen-bond acceptors (Lipinski definition) is 3. The van der Waals surface area contributed by atoms with E-state index in [9.17, 15) is 4.79 Å². The lowest BCUT2D eigenvalue weighted by molar-refractivity contribution is 0.0707. The topological polar surface area (TPSA) is 59.5 Å². The van der Waals surface area contributed by atoms with Gasteiger partial charge in [0.1, 0.15) is 0 Å². The molecule has 0 aromatic carbocycles. The van der Waals surface area contributed by atoms with E-state index in [4.69, 9.17) is 10.2 Å². The van der Waals surface area contributed by atoms with E-state index in [-0.39, 0.29) is 23.7 Å². The molecule has 0 radical (unpaired) electrons. The Morgan fingerprint density at radius 3 is 2.53 bits per heavy atom. The van der Waals surface area contributed by atoms with Crippen molar-refractivity contribution in [3.05, 3.63) is 22.6 Å². The third-order valence-electron chi connectivity index (χ3n) is 2.35. The molecular formula is C11H18BrClN2O2. The maximum atomic E-state index is 11.9. The van der Waals surface area contributed by atoms with Crippen molar-refractivity contribution < 1.29 is 9.21 Å². The van der Waals surface area contributed by atoms with Crippen LogP contribution >= 0.6 is 28.3 Å². The quantitative estimate of drug-likeness (QED) is 0.925. The Bertz CT molecular complexity index is 379. The van der Waals surface area contributed by atoms with Gasteiger partial charge in [0.15, 0.2) is 10.4 Å². The van der Waals surface area contributed by atoms with Gasteiger partial charge in [0, 0.05) is 13.6 Å². The number of carbonyl (C=O) groups is 1. The van der Waals surface area contributed by atoms with Gasteiger partial charge >= 0.3 is 0 Å². The lowest BCUT2D eigenvalue weighted by Gasteiger charge is -2.28. The van der Waals surface area contributed by atoms with Crippen LogP contribution in [-0.2, 0) is 0 Å². The number of carbonyl (C=O) groups excluding carboxylic acids is 1. The Hall–Kier alpha value is -0.520. The predicted octanol–water partition coefficient (Wildman–Crippen LogP) is 2.52. The van der Waals surface area contributed by atoms with Crippen LogP contribution in [0.5, 0.6) is 0 Å². The minimum absolute atomic E-state index is 0. The molecule has 0 saturated carbocycles. The Kier molecular flexibility index (Phi) is 6.23. The van der Waals surface area contributed by atoms with E-state index < -0.39 is 0 Å². The lowest BCUT2D eigenvalue weighted by atomic mass is 9.93. The number of nitrogens with two attached hydrogens (primary N) is 1. The summed E-state index contributed by atoms with van der Waals surface area (Å²) in [6, 6.07) is 3.35. The summed E-state index contributed by atoms with van der Waals surface area (Å²) in [7, 11) is 1.75. The molecule has 0 saturated heterocycles. The van der Waals surface area contributed by atoms with Gasteiger partial charge in [-0.3, -0.25) is 4.79 Å². The average Bonchev–Trinajstić information content (AvgIpc) is 2.63. The fraction of sp³-hybridized carbons (Fsp3) is 0.545. The molecule has 0 aliphatic rings. The van der Waals surface area contributed by atoms with E-state index in [1.54, 1.807) is 24.1 Å². The molecule has 1 rings (SSSR count). The van der Waals surface area contributed by atoms with E-state index in [1.807, 2.05) is 13.8 Å². The van der Waals surface area contributed by atoms with E-state index in [0.717, 1.165) is 0 Å². The van der Waals surface area contributed by atoms with Crippen LogP contribution in [0.15, 0.2) is 21.2 Å². The number of amides is 1. The van der Waals surface area contributed by atoms with E-state index in [0.29, 0.717) is 23.5 Å². The first kappa shape index (κ1) is 16.5. The van der Waals surface area contributed by atoms with Gasteiger partial charge in [0.05, 0.1) is 0 Å². The third-order valence-corrected chi connectivity index (χ3v) is 2.77. The molecule has 1 aromatic rings. The number of furan rings is 1. The van der Waals surface area contributed by atoms with Crippen molar-refractivity contribution in [3.63, 3.8) is 0 Å². The summed E-state index contributed by atoms with van der Waals surface area (Å²) in [5.74, 6) is 0.203. The molecule has 17 heavy (non-hydrogen) atoms. The Morgan fingerprint density at radius 2 is 2.12 bits per heavy atom. The first-order valence-electron chi connectivity index (χ1n) is 5.06. The molecule has 0 atom stereocenters. The van der Waals surface area contributed by atoms with Gasteiger partial charge in [-0.15, -0.1) is 12.4 Å². The van der Waals surface area contributed by atoms with Gasteiger partial charge in [-0.25, -0.2) is 0 Å². The van der Waals surface area contributed by atoms with Crippen molar-refractivity contribution >= 4 is 34.2 Å². The zero-order chi connectivity index (χ0) is 12.3. The van der Waals surface area contributed by atoms with Crippen LogP contribution < -0.4 is 5.73 Å². The molecule has 4 nitrogen and oxygen atoms in total. The zero-order valence-electron chi connectivity index (χ0n) is 10.2. The monoisotopic (exact) mass is 324 g/mol. The summed E-state index contributed by atoms with van der Waals surface area (Å²) in [4.78, 5) is 13.5. The van der Waals surface area contributed by atoms with Crippen LogP contribution in [0.3, 0.4) is 0 Å². The predicted molar refractivity (Wildman–Crippen MR) is 73.5 cm³/mol. The Morgan fingerprint density at radius 1 is 1.53 bits per heavy atom. The first-order valence-corrected chi connectivity index (χ1v) is 5.86. The minimum Gasteiger partial charge on any atom is -0.444 e. The van der Waals surface area contributed by atoms with E-state index in [1.165, 1.54) is 0 Å². The van der Waals surface area contributed by atoms with Gasteiger partial charge in [-0.05, 0) is 40.0 Å². The molecule has 0 bridgehead atoms. The first-order chi connectivity index (χ1) is 7.35. The molecule has 1 heterocycles. The summed E-state index contributed by atoms with van der Waals surface area (Å²) in [6.45, 7) is 5.18. The van der Waals surface area contributed by atoms with Gasteiger partial charge in [0.25, 0.3) is 5.91 Å². The lowest BCUT2D eigenvalue weighted by Crippen LogP contribution is -2.39. The highest BCUT2D eigenvalue weighted by Crippen LogP contribution is 2.18. The maximum Gasteiger partial charge on any atom is 0.289 e. The molecule has 0 aliphatic heterocycles. The minimum atomic E-state index is -0.132. The van der Waals surface area contributed by atoms with Gasteiger partial charge in [-0.2, -0.15) is 0 Å². The molecule has 98 valence electrons. The summed E-state index contributed by atoms with van der Waals surface area (Å²) in [5.41, 5.74) is 5.54. The van der Waals surface area contributed by atoms with Crippen molar-refractivity contribution in [1.29, 1.82) is 0 Å². The van der Waals surface area contributed by atoms with Crippen LogP contribution in [0.1, 0.15) is 24.4 Å². The van der Waals surface area contributed by atoms with Gasteiger partial charge in [-0.1, -0.05) is 13.8 Å². The second-order valence-corrected chi connectivity index (χ2v) is 5.41. The van der Waals surface area contributed by atoms with E-state index >= 15 is 0 Å². The number of rotatable bonds is 4. The molecule has 2 N–H and O–H groups in total. The summed E-state index contributed by atoms with van der Waals surface area (Å²) in [5, 5.41) is 0. The standard InChI is InChI=1S/C11H17BrN2O2.ClH/c1-11(2,6-13)7-14(3)10(15)8-4-5-9(12)16-8;/h4-5H,6-7,13H2,1-3H3;1H. The molecule has 0 fully saturated rings. The molecule has 0 spiro atoms. The fourth-order valence-corrected chi connectivity index (χ4v) is 1.70. The second kappa shape index (κ2) is 6.42. The highest BCUT2D eigenvalue weighted by Gasteiger charge is 2.23. The second-order valence-electron chi connectivity index (χ2n) is 4.63. The highest BCUT2D eigenvalue weighted by molar-refractivity contribution is 9.10. The number of hydrogen-bond donors (Lipinski definition) is 1. The van der Waals surface area contributed by atoms with Crippen molar-refractivity contribution in [1.82, 2.24) is 4.90 Å². The fourth-order valence-electron chi connectivity index (χ4n) is 1.40. The molecule has 6 heteroatoms.